The lowest BCUT2D eigenvalue weighted by Gasteiger charge is -1.95. The summed E-state index contributed by atoms with van der Waals surface area (Å²) in [5, 5.41) is 9.08. The zero-order valence-electron chi connectivity index (χ0n) is 8.31. The van der Waals surface area contributed by atoms with Gasteiger partial charge >= 0.3 is 5.97 Å². The monoisotopic (exact) mass is 210 g/mol. The molecule has 0 atom stereocenters. The van der Waals surface area contributed by atoms with Gasteiger partial charge in [0.1, 0.15) is 5.76 Å². The van der Waals surface area contributed by atoms with Gasteiger partial charge in [0.25, 0.3) is 0 Å². The fraction of sp³-hybridized carbons (Fsp3) is 0.200. The van der Waals surface area contributed by atoms with Gasteiger partial charge in [-0.2, -0.15) is 0 Å². The fourth-order valence-corrected chi connectivity index (χ4v) is 0.926. The van der Waals surface area contributed by atoms with Crippen LogP contribution in [0, 0.1) is 6.92 Å². The summed E-state index contributed by atoms with van der Waals surface area (Å²) in [6.45, 7) is 1.68. The van der Waals surface area contributed by atoms with E-state index in [1.807, 2.05) is 0 Å². The molecular formula is C10H10O5. The molecule has 0 unspecified atom stereocenters. The minimum Gasteiger partial charge on any atom is -0.502 e. The van der Waals surface area contributed by atoms with Gasteiger partial charge in [0.05, 0.1) is 7.11 Å². The number of ketones is 1. The van der Waals surface area contributed by atoms with Crippen LogP contribution in [0.3, 0.4) is 0 Å². The smallest absolute Gasteiger partial charge is 0.373 e. The Bertz CT molecular complexity index is 413. The number of hydrogen-bond donors (Lipinski definition) is 1. The van der Waals surface area contributed by atoms with Gasteiger partial charge in [-0.25, -0.2) is 4.79 Å². The summed E-state index contributed by atoms with van der Waals surface area (Å²) < 4.78 is 9.22. The summed E-state index contributed by atoms with van der Waals surface area (Å²) in [5.41, 5.74) is 0. The van der Waals surface area contributed by atoms with Gasteiger partial charge in [0, 0.05) is 6.08 Å². The van der Waals surface area contributed by atoms with Crippen LogP contribution in [0.5, 0.6) is 0 Å². The highest BCUT2D eigenvalue weighted by molar-refractivity contribution is 6.06. The van der Waals surface area contributed by atoms with Crippen LogP contribution in [0.1, 0.15) is 16.3 Å². The maximum absolute atomic E-state index is 11.4. The summed E-state index contributed by atoms with van der Waals surface area (Å²) in [6, 6.07) is 3.06. The molecule has 0 amide bonds. The lowest BCUT2D eigenvalue weighted by atomic mass is 10.2. The van der Waals surface area contributed by atoms with E-state index in [1.165, 1.54) is 6.07 Å². The van der Waals surface area contributed by atoms with Crippen molar-refractivity contribution in [2.24, 2.45) is 0 Å². The lowest BCUT2D eigenvalue weighted by Crippen LogP contribution is -2.06. The Morgan fingerprint density at radius 3 is 2.60 bits per heavy atom. The van der Waals surface area contributed by atoms with Gasteiger partial charge < -0.3 is 14.3 Å². The first kappa shape index (κ1) is 11.0. The highest BCUT2D eigenvalue weighted by Gasteiger charge is 2.13. The first-order valence-corrected chi connectivity index (χ1v) is 4.14. The maximum Gasteiger partial charge on any atom is 0.373 e. The van der Waals surface area contributed by atoms with Crippen molar-refractivity contribution in [2.75, 3.05) is 7.11 Å². The standard InChI is InChI=1S/C10H10O5/c1-6-3-4-9(15-6)7(11)5-8(12)10(13)14-2/h3-5,12H,1-2H3. The summed E-state index contributed by atoms with van der Waals surface area (Å²) in [4.78, 5) is 22.1. The SMILES string of the molecule is COC(=O)C(O)=CC(=O)c1ccc(C)o1. The number of aliphatic hydroxyl groups excluding tert-OH is 1. The molecule has 0 fully saturated rings. The van der Waals surface area contributed by atoms with Crippen molar-refractivity contribution < 1.29 is 23.8 Å². The fourth-order valence-electron chi connectivity index (χ4n) is 0.926. The van der Waals surface area contributed by atoms with Crippen LogP contribution in [0.2, 0.25) is 0 Å². The minimum atomic E-state index is -0.966. The second-order valence-corrected chi connectivity index (χ2v) is 2.80. The van der Waals surface area contributed by atoms with Crippen LogP contribution >= 0.6 is 0 Å². The number of ether oxygens (including phenoxy) is 1. The van der Waals surface area contributed by atoms with E-state index in [9.17, 15) is 9.59 Å². The Labute approximate surface area is 86.0 Å². The van der Waals surface area contributed by atoms with Crippen molar-refractivity contribution in [3.63, 3.8) is 0 Å². The lowest BCUT2D eigenvalue weighted by molar-refractivity contribution is -0.139. The Morgan fingerprint density at radius 2 is 2.13 bits per heavy atom. The van der Waals surface area contributed by atoms with Crippen molar-refractivity contribution in [1.82, 2.24) is 0 Å². The zero-order chi connectivity index (χ0) is 11.4. The van der Waals surface area contributed by atoms with Crippen molar-refractivity contribution in [3.8, 4) is 0 Å². The highest BCUT2D eigenvalue weighted by Crippen LogP contribution is 2.08. The van der Waals surface area contributed by atoms with Gasteiger partial charge in [-0.1, -0.05) is 0 Å². The number of carbonyl (C=O) groups excluding carboxylic acids is 2. The van der Waals surface area contributed by atoms with E-state index in [1.54, 1.807) is 13.0 Å². The molecule has 0 aliphatic rings. The Hall–Kier alpha value is -2.04. The molecule has 0 saturated heterocycles. The molecule has 0 saturated carbocycles. The molecule has 1 aromatic heterocycles. The largest absolute Gasteiger partial charge is 0.502 e. The van der Waals surface area contributed by atoms with Gasteiger partial charge in [0.2, 0.25) is 11.5 Å². The van der Waals surface area contributed by atoms with Crippen LogP contribution in [-0.4, -0.2) is 24.0 Å². The Morgan fingerprint density at radius 1 is 1.47 bits per heavy atom. The summed E-state index contributed by atoms with van der Waals surface area (Å²) in [7, 11) is 1.11. The highest BCUT2D eigenvalue weighted by atomic mass is 16.5. The number of aliphatic hydroxyl groups is 1. The van der Waals surface area contributed by atoms with Crippen LogP contribution in [0.15, 0.2) is 28.4 Å². The summed E-state index contributed by atoms with van der Waals surface area (Å²) >= 11 is 0. The number of carbonyl (C=O) groups is 2. The first-order valence-electron chi connectivity index (χ1n) is 4.14. The maximum atomic E-state index is 11.4. The molecule has 1 heterocycles. The Kier molecular flexibility index (Phi) is 3.28. The van der Waals surface area contributed by atoms with Crippen molar-refractivity contribution in [3.05, 3.63) is 35.5 Å². The average molecular weight is 210 g/mol. The van der Waals surface area contributed by atoms with E-state index in [0.717, 1.165) is 13.2 Å². The molecule has 0 aliphatic heterocycles. The number of aryl methyl sites for hydroxylation is 1. The van der Waals surface area contributed by atoms with E-state index in [0.29, 0.717) is 5.76 Å². The molecule has 1 rings (SSSR count). The molecule has 0 bridgehead atoms. The Balaban J connectivity index is 2.83. The normalized spacial score (nSPS) is 11.2. The van der Waals surface area contributed by atoms with Crippen molar-refractivity contribution in [2.45, 2.75) is 6.92 Å². The molecule has 0 aromatic carbocycles. The van der Waals surface area contributed by atoms with Gasteiger partial charge in [-0.3, -0.25) is 4.79 Å². The third-order valence-electron chi connectivity index (χ3n) is 1.65. The predicted octanol–water partition coefficient (Wildman–Crippen LogP) is 1.39. The summed E-state index contributed by atoms with van der Waals surface area (Å²) in [5.74, 6) is -1.68. The van der Waals surface area contributed by atoms with E-state index in [4.69, 9.17) is 9.52 Å². The second-order valence-electron chi connectivity index (χ2n) is 2.80. The summed E-state index contributed by atoms with van der Waals surface area (Å²) in [6.07, 6.45) is 0.754. The first-order chi connectivity index (χ1) is 7.04. The molecule has 1 aromatic rings. The van der Waals surface area contributed by atoms with Crippen LogP contribution in [0.25, 0.3) is 0 Å². The molecule has 0 spiro atoms. The second kappa shape index (κ2) is 4.45. The van der Waals surface area contributed by atoms with E-state index in [-0.39, 0.29) is 5.76 Å². The molecule has 0 radical (unpaired) electrons. The number of esters is 1. The minimum absolute atomic E-state index is 0.0583. The zero-order valence-corrected chi connectivity index (χ0v) is 8.31. The average Bonchev–Trinajstić information content (AvgIpc) is 2.63. The molecule has 80 valence electrons. The van der Waals surface area contributed by atoms with Crippen molar-refractivity contribution >= 4 is 11.8 Å². The molecule has 0 aliphatic carbocycles. The topological polar surface area (TPSA) is 76.7 Å². The third-order valence-corrected chi connectivity index (χ3v) is 1.65. The van der Waals surface area contributed by atoms with Gasteiger partial charge in [0.15, 0.2) is 5.76 Å². The third kappa shape index (κ3) is 2.70. The molecule has 5 heteroatoms. The number of furan rings is 1. The van der Waals surface area contributed by atoms with Gasteiger partial charge in [-0.15, -0.1) is 0 Å². The predicted molar refractivity (Wildman–Crippen MR) is 50.5 cm³/mol. The van der Waals surface area contributed by atoms with Gasteiger partial charge in [-0.05, 0) is 19.1 Å². The number of methoxy groups -OCH3 is 1. The van der Waals surface area contributed by atoms with Crippen molar-refractivity contribution in [1.29, 1.82) is 0 Å². The number of allylic oxidation sites excluding steroid dienone is 1. The van der Waals surface area contributed by atoms with E-state index >= 15 is 0 Å². The van der Waals surface area contributed by atoms with Crippen LogP contribution in [0.4, 0.5) is 0 Å². The van der Waals surface area contributed by atoms with E-state index < -0.39 is 17.5 Å². The molecule has 5 nitrogen and oxygen atoms in total. The van der Waals surface area contributed by atoms with Crippen LogP contribution < -0.4 is 0 Å². The quantitative estimate of drug-likeness (QED) is 0.353. The number of rotatable bonds is 3. The van der Waals surface area contributed by atoms with E-state index in [2.05, 4.69) is 4.74 Å². The molecule has 1 N–H and O–H groups in total. The number of hydrogen-bond acceptors (Lipinski definition) is 5. The molecule has 15 heavy (non-hydrogen) atoms. The van der Waals surface area contributed by atoms with Crippen LogP contribution in [-0.2, 0) is 9.53 Å². The molecular weight excluding hydrogens is 200 g/mol.